The average molecular weight is 382 g/mol. The van der Waals surface area contributed by atoms with E-state index in [1.165, 1.54) is 12.8 Å². The second kappa shape index (κ2) is 7.65. The van der Waals surface area contributed by atoms with Crippen LogP contribution in [-0.4, -0.2) is 27.5 Å². The standard InChI is InChI=1S/C19H25Cl2N3O/c1-4-6-17(24-8-5-7-12(2)11-24)18-22-16-10-15(21)14(20)9-13(16)19(25)23(18)3/h9-10,12,17H,4-8,11H2,1-3H3/t12-,17-/m1/s1. The van der Waals surface area contributed by atoms with Gasteiger partial charge in [0.25, 0.3) is 5.56 Å². The van der Waals surface area contributed by atoms with Gasteiger partial charge in [-0.15, -0.1) is 0 Å². The number of halogens is 2. The molecule has 0 radical (unpaired) electrons. The molecular weight excluding hydrogens is 357 g/mol. The van der Waals surface area contributed by atoms with Crippen molar-refractivity contribution in [2.24, 2.45) is 13.0 Å². The Labute approximate surface area is 158 Å². The second-order valence-electron chi connectivity index (χ2n) is 7.16. The summed E-state index contributed by atoms with van der Waals surface area (Å²) < 4.78 is 1.69. The molecule has 136 valence electrons. The van der Waals surface area contributed by atoms with E-state index in [4.69, 9.17) is 28.2 Å². The fourth-order valence-corrected chi connectivity index (χ4v) is 4.16. The Bertz CT molecular complexity index is 834. The summed E-state index contributed by atoms with van der Waals surface area (Å²) in [5.74, 6) is 1.51. The molecule has 3 rings (SSSR count). The molecule has 2 aromatic rings. The van der Waals surface area contributed by atoms with Gasteiger partial charge in [-0.25, -0.2) is 4.98 Å². The van der Waals surface area contributed by atoms with Crippen molar-refractivity contribution in [3.8, 4) is 0 Å². The molecule has 2 atom stereocenters. The molecule has 1 aromatic carbocycles. The van der Waals surface area contributed by atoms with Gasteiger partial charge < -0.3 is 0 Å². The summed E-state index contributed by atoms with van der Waals surface area (Å²) in [4.78, 5) is 20.2. The smallest absolute Gasteiger partial charge is 0.261 e. The van der Waals surface area contributed by atoms with Gasteiger partial charge in [0.1, 0.15) is 5.82 Å². The van der Waals surface area contributed by atoms with Gasteiger partial charge >= 0.3 is 0 Å². The zero-order valence-corrected chi connectivity index (χ0v) is 16.6. The third-order valence-electron chi connectivity index (χ3n) is 5.14. The number of likely N-dealkylation sites (tertiary alicyclic amines) is 1. The fraction of sp³-hybridized carbons (Fsp3) is 0.579. The number of hydrogen-bond donors (Lipinski definition) is 0. The van der Waals surface area contributed by atoms with E-state index in [1.807, 2.05) is 7.05 Å². The van der Waals surface area contributed by atoms with Crippen molar-refractivity contribution in [1.82, 2.24) is 14.5 Å². The molecule has 0 saturated carbocycles. The van der Waals surface area contributed by atoms with Crippen LogP contribution in [0.1, 0.15) is 51.4 Å². The van der Waals surface area contributed by atoms with Crippen LogP contribution in [0.5, 0.6) is 0 Å². The second-order valence-corrected chi connectivity index (χ2v) is 7.98. The van der Waals surface area contributed by atoms with Gasteiger partial charge in [-0.2, -0.15) is 0 Å². The van der Waals surface area contributed by atoms with Crippen LogP contribution in [0.2, 0.25) is 10.0 Å². The summed E-state index contributed by atoms with van der Waals surface area (Å²) in [6.45, 7) is 6.59. The molecule has 0 amide bonds. The van der Waals surface area contributed by atoms with Gasteiger partial charge in [0.2, 0.25) is 0 Å². The lowest BCUT2D eigenvalue weighted by Crippen LogP contribution is -2.40. The summed E-state index contributed by atoms with van der Waals surface area (Å²) in [5, 5.41) is 1.33. The molecule has 0 N–H and O–H groups in total. The first-order valence-corrected chi connectivity index (χ1v) is 9.77. The topological polar surface area (TPSA) is 38.1 Å². The Hall–Kier alpha value is -1.10. The Morgan fingerprint density at radius 1 is 1.32 bits per heavy atom. The first kappa shape index (κ1) is 18.7. The molecule has 0 spiro atoms. The molecule has 0 bridgehead atoms. The number of fused-ring (bicyclic) bond motifs is 1. The van der Waals surface area contributed by atoms with E-state index < -0.39 is 0 Å². The fourth-order valence-electron chi connectivity index (χ4n) is 3.84. The monoisotopic (exact) mass is 381 g/mol. The minimum absolute atomic E-state index is 0.0651. The molecule has 25 heavy (non-hydrogen) atoms. The van der Waals surface area contributed by atoms with Gasteiger partial charge in [0, 0.05) is 13.6 Å². The summed E-state index contributed by atoms with van der Waals surface area (Å²) in [6, 6.07) is 3.48. The maximum Gasteiger partial charge on any atom is 0.261 e. The number of hydrogen-bond acceptors (Lipinski definition) is 3. The maximum absolute atomic E-state index is 12.9. The van der Waals surface area contributed by atoms with E-state index in [0.717, 1.165) is 31.8 Å². The molecule has 4 nitrogen and oxygen atoms in total. The van der Waals surface area contributed by atoms with Crippen molar-refractivity contribution >= 4 is 34.1 Å². The Morgan fingerprint density at radius 2 is 2.04 bits per heavy atom. The molecule has 0 unspecified atom stereocenters. The van der Waals surface area contributed by atoms with E-state index in [9.17, 15) is 4.79 Å². The van der Waals surface area contributed by atoms with Gasteiger partial charge in [-0.3, -0.25) is 14.3 Å². The first-order valence-electron chi connectivity index (χ1n) is 9.02. The number of nitrogens with zero attached hydrogens (tertiary/aromatic N) is 3. The molecule has 0 aliphatic carbocycles. The highest BCUT2D eigenvalue weighted by Crippen LogP contribution is 2.31. The molecule has 1 aromatic heterocycles. The van der Waals surface area contributed by atoms with Crippen molar-refractivity contribution in [3.63, 3.8) is 0 Å². The van der Waals surface area contributed by atoms with Gasteiger partial charge in [0.05, 0.1) is 27.0 Å². The number of aromatic nitrogens is 2. The summed E-state index contributed by atoms with van der Waals surface area (Å²) in [7, 11) is 1.81. The SMILES string of the molecule is CCC[C@H](c1nc2cc(Cl)c(Cl)cc2c(=O)n1C)N1CCC[C@@H](C)C1. The first-order chi connectivity index (χ1) is 11.9. The van der Waals surface area contributed by atoms with Crippen LogP contribution in [-0.2, 0) is 7.05 Å². The molecule has 6 heteroatoms. The van der Waals surface area contributed by atoms with Crippen molar-refractivity contribution < 1.29 is 0 Å². The van der Waals surface area contributed by atoms with E-state index in [0.29, 0.717) is 26.9 Å². The third kappa shape index (κ3) is 3.71. The summed E-state index contributed by atoms with van der Waals surface area (Å²) >= 11 is 12.2. The molecule has 1 aliphatic rings. The quantitative estimate of drug-likeness (QED) is 0.762. The highest BCUT2D eigenvalue weighted by Gasteiger charge is 2.28. The Morgan fingerprint density at radius 3 is 2.72 bits per heavy atom. The van der Waals surface area contributed by atoms with E-state index in [-0.39, 0.29) is 11.6 Å². The van der Waals surface area contributed by atoms with Crippen LogP contribution in [0.4, 0.5) is 0 Å². The van der Waals surface area contributed by atoms with Crippen LogP contribution in [0.3, 0.4) is 0 Å². The zero-order valence-electron chi connectivity index (χ0n) is 15.1. The molecule has 1 saturated heterocycles. The third-order valence-corrected chi connectivity index (χ3v) is 5.86. The predicted octanol–water partition coefficient (Wildman–Crippen LogP) is 4.81. The molecule has 1 aliphatic heterocycles. The van der Waals surface area contributed by atoms with Gasteiger partial charge in [-0.1, -0.05) is 43.5 Å². The van der Waals surface area contributed by atoms with Crippen molar-refractivity contribution in [2.75, 3.05) is 13.1 Å². The maximum atomic E-state index is 12.9. The summed E-state index contributed by atoms with van der Waals surface area (Å²) in [6.07, 6.45) is 4.50. The van der Waals surface area contributed by atoms with Gasteiger partial charge in [0.15, 0.2) is 0 Å². The van der Waals surface area contributed by atoms with Crippen LogP contribution in [0.15, 0.2) is 16.9 Å². The highest BCUT2D eigenvalue weighted by atomic mass is 35.5. The average Bonchev–Trinajstić information content (AvgIpc) is 2.58. The van der Waals surface area contributed by atoms with Crippen molar-refractivity contribution in [1.29, 1.82) is 0 Å². The van der Waals surface area contributed by atoms with Crippen LogP contribution in [0.25, 0.3) is 10.9 Å². The Kier molecular flexibility index (Phi) is 5.71. The Balaban J connectivity index is 2.12. The molecule has 2 heterocycles. The van der Waals surface area contributed by atoms with Gasteiger partial charge in [-0.05, 0) is 43.9 Å². The van der Waals surface area contributed by atoms with E-state index in [2.05, 4.69) is 18.7 Å². The normalized spacial score (nSPS) is 20.1. The van der Waals surface area contributed by atoms with E-state index in [1.54, 1.807) is 16.7 Å². The highest BCUT2D eigenvalue weighted by molar-refractivity contribution is 6.42. The largest absolute Gasteiger partial charge is 0.298 e. The predicted molar refractivity (Wildman–Crippen MR) is 105 cm³/mol. The number of rotatable bonds is 4. The zero-order chi connectivity index (χ0) is 18.1. The molecular formula is C19H25Cl2N3O. The van der Waals surface area contributed by atoms with Crippen LogP contribution in [0, 0.1) is 5.92 Å². The lowest BCUT2D eigenvalue weighted by molar-refractivity contribution is 0.115. The minimum Gasteiger partial charge on any atom is -0.298 e. The van der Waals surface area contributed by atoms with E-state index >= 15 is 0 Å². The minimum atomic E-state index is -0.0651. The van der Waals surface area contributed by atoms with Crippen molar-refractivity contribution in [3.05, 3.63) is 38.4 Å². The molecule has 1 fully saturated rings. The van der Waals surface area contributed by atoms with Crippen LogP contribution >= 0.6 is 23.2 Å². The number of benzene rings is 1. The van der Waals surface area contributed by atoms with Crippen molar-refractivity contribution in [2.45, 2.75) is 45.6 Å². The lowest BCUT2D eigenvalue weighted by Gasteiger charge is -2.37. The number of piperidine rings is 1. The lowest BCUT2D eigenvalue weighted by atomic mass is 9.97. The van der Waals surface area contributed by atoms with Crippen LogP contribution < -0.4 is 5.56 Å². The summed E-state index contributed by atoms with van der Waals surface area (Å²) in [5.41, 5.74) is 0.559.